The van der Waals surface area contributed by atoms with Crippen LogP contribution in [0.2, 0.25) is 0 Å². The molecule has 0 aromatic heterocycles. The fraction of sp³-hybridized carbons (Fsp3) is 0.389. The number of hydrogen-bond acceptors (Lipinski definition) is 6. The van der Waals surface area contributed by atoms with E-state index in [1.807, 2.05) is 0 Å². The molecule has 0 spiro atoms. The Bertz CT molecular complexity index is 737. The summed E-state index contributed by atoms with van der Waals surface area (Å²) in [4.78, 5) is 35.1. The maximum Gasteiger partial charge on any atom is 0.311 e. The van der Waals surface area contributed by atoms with E-state index in [1.165, 1.54) is 0 Å². The van der Waals surface area contributed by atoms with Crippen molar-refractivity contribution in [1.82, 2.24) is 5.32 Å². The SMILES string of the molecule is O=C(CC1CCCC1)Oc1ccc(/C=C2\SC(=O)NC2=O)cc1CO. The minimum atomic E-state index is -0.437. The standard InChI is InChI=1S/C18H19NO5S/c20-10-13-7-12(8-15-17(22)19-18(23)25-15)5-6-14(13)24-16(21)9-11-3-1-2-4-11/h5-8,11,20H,1-4,9-10H2,(H,19,22,23)/b15-8-. The second kappa shape index (κ2) is 7.84. The highest BCUT2D eigenvalue weighted by Gasteiger charge is 2.25. The third-order valence-electron chi connectivity index (χ3n) is 4.35. The fourth-order valence-electron chi connectivity index (χ4n) is 3.10. The fourth-order valence-corrected chi connectivity index (χ4v) is 3.78. The van der Waals surface area contributed by atoms with Crippen molar-refractivity contribution in [3.63, 3.8) is 0 Å². The van der Waals surface area contributed by atoms with Crippen molar-refractivity contribution in [3.8, 4) is 5.75 Å². The Hall–Kier alpha value is -2.12. The number of imide groups is 1. The Balaban J connectivity index is 1.71. The third kappa shape index (κ3) is 4.49. The summed E-state index contributed by atoms with van der Waals surface area (Å²) < 4.78 is 5.40. The van der Waals surface area contributed by atoms with Gasteiger partial charge in [-0.2, -0.15) is 0 Å². The number of amides is 2. The van der Waals surface area contributed by atoms with Gasteiger partial charge in [0.1, 0.15) is 5.75 Å². The molecular weight excluding hydrogens is 342 g/mol. The van der Waals surface area contributed by atoms with Crippen LogP contribution < -0.4 is 10.1 Å². The molecule has 7 heteroatoms. The number of carbonyl (C=O) groups excluding carboxylic acids is 3. The monoisotopic (exact) mass is 361 g/mol. The summed E-state index contributed by atoms with van der Waals surface area (Å²) >= 11 is 0.828. The number of carbonyl (C=O) groups is 3. The molecule has 0 unspecified atom stereocenters. The quantitative estimate of drug-likeness (QED) is 0.476. The van der Waals surface area contributed by atoms with E-state index >= 15 is 0 Å². The predicted octanol–water partition coefficient (Wildman–Crippen LogP) is 2.99. The summed E-state index contributed by atoms with van der Waals surface area (Å²) in [5, 5.41) is 11.3. The lowest BCUT2D eigenvalue weighted by atomic mass is 10.0. The number of aliphatic hydroxyl groups is 1. The number of aliphatic hydroxyl groups excluding tert-OH is 1. The molecule has 0 atom stereocenters. The number of thioether (sulfide) groups is 1. The molecule has 2 aliphatic rings. The molecular formula is C18H19NO5S. The molecule has 132 valence electrons. The van der Waals surface area contributed by atoms with Crippen molar-refractivity contribution in [2.45, 2.75) is 38.7 Å². The molecule has 1 aliphatic heterocycles. The van der Waals surface area contributed by atoms with E-state index in [1.54, 1.807) is 24.3 Å². The third-order valence-corrected chi connectivity index (χ3v) is 5.16. The van der Waals surface area contributed by atoms with E-state index in [0.717, 1.165) is 37.4 Å². The molecule has 1 saturated carbocycles. The van der Waals surface area contributed by atoms with E-state index in [0.29, 0.717) is 34.1 Å². The maximum absolute atomic E-state index is 12.1. The Labute approximate surface area is 149 Å². The van der Waals surface area contributed by atoms with E-state index in [2.05, 4.69) is 5.32 Å². The van der Waals surface area contributed by atoms with Crippen LogP contribution in [0, 0.1) is 5.92 Å². The van der Waals surface area contributed by atoms with E-state index in [-0.39, 0.29) is 12.6 Å². The molecule has 0 bridgehead atoms. The van der Waals surface area contributed by atoms with Gasteiger partial charge in [-0.25, -0.2) is 0 Å². The van der Waals surface area contributed by atoms with Gasteiger partial charge in [0.15, 0.2) is 0 Å². The summed E-state index contributed by atoms with van der Waals surface area (Å²) in [6.45, 7) is -0.290. The number of benzene rings is 1. The molecule has 25 heavy (non-hydrogen) atoms. The first-order valence-corrected chi connectivity index (χ1v) is 9.06. The first-order chi connectivity index (χ1) is 12.0. The molecule has 2 N–H and O–H groups in total. The van der Waals surface area contributed by atoms with Gasteiger partial charge in [0.25, 0.3) is 11.1 Å². The van der Waals surface area contributed by atoms with Crippen LogP contribution in [0.1, 0.15) is 43.2 Å². The number of esters is 1. The zero-order valence-electron chi connectivity index (χ0n) is 13.6. The average Bonchev–Trinajstić information content (AvgIpc) is 3.18. The molecule has 1 saturated heterocycles. The van der Waals surface area contributed by atoms with Crippen LogP contribution in [-0.2, 0) is 16.2 Å². The van der Waals surface area contributed by atoms with Crippen molar-refractivity contribution >= 4 is 35.0 Å². The van der Waals surface area contributed by atoms with Crippen molar-refractivity contribution in [2.24, 2.45) is 5.92 Å². The largest absolute Gasteiger partial charge is 0.426 e. The van der Waals surface area contributed by atoms with Crippen molar-refractivity contribution in [2.75, 3.05) is 0 Å². The van der Waals surface area contributed by atoms with Gasteiger partial charge in [0.05, 0.1) is 11.5 Å². The smallest absolute Gasteiger partial charge is 0.311 e. The maximum atomic E-state index is 12.1. The minimum Gasteiger partial charge on any atom is -0.426 e. The van der Waals surface area contributed by atoms with Crippen molar-refractivity contribution in [1.29, 1.82) is 0 Å². The predicted molar refractivity (Wildman–Crippen MR) is 93.7 cm³/mol. The molecule has 1 heterocycles. The molecule has 2 fully saturated rings. The van der Waals surface area contributed by atoms with E-state index < -0.39 is 11.1 Å². The van der Waals surface area contributed by atoms with Gasteiger partial charge < -0.3 is 9.84 Å². The Morgan fingerprint density at radius 2 is 2.08 bits per heavy atom. The Morgan fingerprint density at radius 3 is 2.72 bits per heavy atom. The van der Waals surface area contributed by atoms with Crippen LogP contribution >= 0.6 is 11.8 Å². The van der Waals surface area contributed by atoms with Crippen molar-refractivity contribution in [3.05, 3.63) is 34.2 Å². The van der Waals surface area contributed by atoms with Crippen LogP contribution in [0.25, 0.3) is 6.08 Å². The zero-order valence-corrected chi connectivity index (χ0v) is 14.4. The summed E-state index contributed by atoms with van der Waals surface area (Å²) in [5.74, 6) is -0.00609. The number of nitrogens with one attached hydrogen (secondary N) is 1. The lowest BCUT2D eigenvalue weighted by Crippen LogP contribution is -2.17. The van der Waals surface area contributed by atoms with E-state index in [4.69, 9.17) is 4.74 Å². The lowest BCUT2D eigenvalue weighted by Gasteiger charge is -2.12. The molecule has 0 radical (unpaired) electrons. The number of rotatable bonds is 5. The summed E-state index contributed by atoms with van der Waals surface area (Å²) in [5.41, 5.74) is 1.11. The summed E-state index contributed by atoms with van der Waals surface area (Å²) in [7, 11) is 0. The molecule has 1 aromatic rings. The second-order valence-electron chi connectivity index (χ2n) is 6.21. The van der Waals surface area contributed by atoms with Gasteiger partial charge in [-0.05, 0) is 54.3 Å². The summed E-state index contributed by atoms with van der Waals surface area (Å²) in [6, 6.07) is 4.92. The van der Waals surface area contributed by atoms with Gasteiger partial charge in [-0.1, -0.05) is 18.9 Å². The summed E-state index contributed by atoms with van der Waals surface area (Å²) in [6.07, 6.45) is 6.41. The highest BCUT2D eigenvalue weighted by atomic mass is 32.2. The Morgan fingerprint density at radius 1 is 1.32 bits per heavy atom. The average molecular weight is 361 g/mol. The molecule has 3 rings (SSSR count). The molecule has 1 aromatic carbocycles. The van der Waals surface area contributed by atoms with Gasteiger partial charge in [-0.15, -0.1) is 0 Å². The van der Waals surface area contributed by atoms with Gasteiger partial charge >= 0.3 is 5.97 Å². The van der Waals surface area contributed by atoms with Crippen LogP contribution in [0.5, 0.6) is 5.75 Å². The Kier molecular flexibility index (Phi) is 5.55. The molecule has 6 nitrogen and oxygen atoms in total. The first-order valence-electron chi connectivity index (χ1n) is 8.24. The van der Waals surface area contributed by atoms with Gasteiger partial charge in [0, 0.05) is 12.0 Å². The number of hydrogen-bond donors (Lipinski definition) is 2. The zero-order chi connectivity index (χ0) is 17.8. The molecule has 2 amide bonds. The normalized spacial score (nSPS) is 19.5. The second-order valence-corrected chi connectivity index (χ2v) is 7.22. The van der Waals surface area contributed by atoms with Gasteiger partial charge in [0.2, 0.25) is 0 Å². The van der Waals surface area contributed by atoms with E-state index in [9.17, 15) is 19.5 Å². The van der Waals surface area contributed by atoms with Crippen LogP contribution in [0.3, 0.4) is 0 Å². The highest BCUT2D eigenvalue weighted by molar-refractivity contribution is 8.18. The van der Waals surface area contributed by atoms with Crippen LogP contribution in [0.4, 0.5) is 4.79 Å². The van der Waals surface area contributed by atoms with Crippen LogP contribution in [-0.4, -0.2) is 22.2 Å². The van der Waals surface area contributed by atoms with Crippen LogP contribution in [0.15, 0.2) is 23.1 Å². The van der Waals surface area contributed by atoms with Crippen molar-refractivity contribution < 1.29 is 24.2 Å². The molecule has 1 aliphatic carbocycles. The minimum absolute atomic E-state index is 0.288. The number of ether oxygens (including phenoxy) is 1. The lowest BCUT2D eigenvalue weighted by molar-refractivity contribution is -0.135. The first kappa shape index (κ1) is 17.7. The van der Waals surface area contributed by atoms with Gasteiger partial charge in [-0.3, -0.25) is 19.7 Å². The topological polar surface area (TPSA) is 92.7 Å². The highest BCUT2D eigenvalue weighted by Crippen LogP contribution is 2.30.